The van der Waals surface area contributed by atoms with Crippen LogP contribution in [0.25, 0.3) is 0 Å². The maximum atomic E-state index is 13.6. The first-order valence-corrected chi connectivity index (χ1v) is 5.46. The lowest BCUT2D eigenvalue weighted by Gasteiger charge is -2.11. The second-order valence-corrected chi connectivity index (χ2v) is 3.97. The van der Waals surface area contributed by atoms with Crippen LogP contribution < -0.4 is 5.32 Å². The van der Waals surface area contributed by atoms with Crippen molar-refractivity contribution in [2.24, 2.45) is 0 Å². The predicted octanol–water partition coefficient (Wildman–Crippen LogP) is 1.46. The van der Waals surface area contributed by atoms with Crippen molar-refractivity contribution < 1.29 is 4.39 Å². The van der Waals surface area contributed by atoms with E-state index in [4.69, 9.17) is 0 Å². The average molecular weight is 226 g/mol. The quantitative estimate of drug-likeness (QED) is 0.825. The highest BCUT2D eigenvalue weighted by Crippen LogP contribution is 2.13. The highest BCUT2D eigenvalue weighted by atomic mass is 19.1. The first-order chi connectivity index (χ1) is 7.54. The summed E-state index contributed by atoms with van der Waals surface area (Å²) in [6, 6.07) is 0. The molecular formula is C11H19FN4. The van der Waals surface area contributed by atoms with E-state index in [-0.39, 0.29) is 5.82 Å². The van der Waals surface area contributed by atoms with Crippen molar-refractivity contribution in [1.29, 1.82) is 0 Å². The van der Waals surface area contributed by atoms with Gasteiger partial charge in [-0.15, -0.1) is 0 Å². The van der Waals surface area contributed by atoms with Gasteiger partial charge in [-0.05, 0) is 27.9 Å². The molecule has 0 unspecified atom stereocenters. The van der Waals surface area contributed by atoms with E-state index in [2.05, 4.69) is 20.2 Å². The van der Waals surface area contributed by atoms with Crippen LogP contribution in [0.5, 0.6) is 0 Å². The van der Waals surface area contributed by atoms with Crippen molar-refractivity contribution in [3.63, 3.8) is 0 Å². The van der Waals surface area contributed by atoms with Gasteiger partial charge in [0.1, 0.15) is 5.82 Å². The fraction of sp³-hybridized carbons (Fsp3) is 0.636. The molecule has 5 heteroatoms. The van der Waals surface area contributed by atoms with E-state index in [0.29, 0.717) is 23.9 Å². The summed E-state index contributed by atoms with van der Waals surface area (Å²) in [4.78, 5) is 10.4. The Morgan fingerprint density at radius 2 is 2.00 bits per heavy atom. The first kappa shape index (κ1) is 12.8. The lowest BCUT2D eigenvalue weighted by atomic mass is 10.3. The normalized spacial score (nSPS) is 10.9. The largest absolute Gasteiger partial charge is 0.368 e. The standard InChI is InChI=1S/C11H19FN4/c1-5-13-11-10(12)8(2)14-9(15-11)6-7-16(3)4/h5-7H2,1-4H3,(H,13,14,15). The summed E-state index contributed by atoms with van der Waals surface area (Å²) in [6.07, 6.45) is 0.729. The Morgan fingerprint density at radius 3 is 2.56 bits per heavy atom. The van der Waals surface area contributed by atoms with Crippen LogP contribution in [0.2, 0.25) is 0 Å². The zero-order chi connectivity index (χ0) is 12.1. The van der Waals surface area contributed by atoms with Gasteiger partial charge >= 0.3 is 0 Å². The van der Waals surface area contributed by atoms with Gasteiger partial charge in [0.05, 0.1) is 5.69 Å². The number of aryl methyl sites for hydroxylation is 1. The molecule has 1 N–H and O–H groups in total. The van der Waals surface area contributed by atoms with Gasteiger partial charge < -0.3 is 10.2 Å². The zero-order valence-electron chi connectivity index (χ0n) is 10.3. The van der Waals surface area contributed by atoms with Crippen LogP contribution in [0.4, 0.5) is 10.2 Å². The molecule has 0 aliphatic heterocycles. The number of nitrogens with one attached hydrogen (secondary N) is 1. The molecule has 90 valence electrons. The molecule has 16 heavy (non-hydrogen) atoms. The van der Waals surface area contributed by atoms with Crippen molar-refractivity contribution in [3.05, 3.63) is 17.3 Å². The van der Waals surface area contributed by atoms with Gasteiger partial charge in [0.15, 0.2) is 11.6 Å². The van der Waals surface area contributed by atoms with Gasteiger partial charge in [0, 0.05) is 19.5 Å². The van der Waals surface area contributed by atoms with Gasteiger partial charge in [-0.25, -0.2) is 14.4 Å². The molecule has 0 aliphatic rings. The van der Waals surface area contributed by atoms with Gasteiger partial charge in [-0.3, -0.25) is 0 Å². The van der Waals surface area contributed by atoms with Crippen molar-refractivity contribution in [2.45, 2.75) is 20.3 Å². The Kier molecular flexibility index (Phi) is 4.61. The molecule has 1 aromatic heterocycles. The molecule has 0 amide bonds. The molecular weight excluding hydrogens is 207 g/mol. The summed E-state index contributed by atoms with van der Waals surface area (Å²) in [5.74, 6) is 0.641. The Hall–Kier alpha value is -1.23. The van der Waals surface area contributed by atoms with Crippen molar-refractivity contribution in [3.8, 4) is 0 Å². The lowest BCUT2D eigenvalue weighted by Crippen LogP contribution is -2.17. The number of hydrogen-bond acceptors (Lipinski definition) is 4. The number of hydrogen-bond donors (Lipinski definition) is 1. The number of halogens is 1. The highest BCUT2D eigenvalue weighted by molar-refractivity contribution is 5.37. The molecule has 0 spiro atoms. The third-order valence-electron chi connectivity index (χ3n) is 2.19. The van der Waals surface area contributed by atoms with Crippen molar-refractivity contribution in [1.82, 2.24) is 14.9 Å². The van der Waals surface area contributed by atoms with Crippen LogP contribution in [0, 0.1) is 12.7 Å². The van der Waals surface area contributed by atoms with E-state index in [1.807, 2.05) is 21.0 Å². The molecule has 0 radical (unpaired) electrons. The number of anilines is 1. The number of rotatable bonds is 5. The lowest BCUT2D eigenvalue weighted by molar-refractivity contribution is 0.409. The minimum Gasteiger partial charge on any atom is -0.368 e. The molecule has 0 fully saturated rings. The van der Waals surface area contributed by atoms with Crippen LogP contribution >= 0.6 is 0 Å². The van der Waals surface area contributed by atoms with Crippen LogP contribution in [0.15, 0.2) is 0 Å². The fourth-order valence-corrected chi connectivity index (χ4v) is 1.34. The van der Waals surface area contributed by atoms with E-state index in [9.17, 15) is 4.39 Å². The smallest absolute Gasteiger partial charge is 0.186 e. The SMILES string of the molecule is CCNc1nc(CCN(C)C)nc(C)c1F. The van der Waals surface area contributed by atoms with Gasteiger partial charge in [-0.1, -0.05) is 0 Å². The number of aromatic nitrogens is 2. The third kappa shape index (κ3) is 3.41. The van der Waals surface area contributed by atoms with E-state index >= 15 is 0 Å². The monoisotopic (exact) mass is 226 g/mol. The first-order valence-electron chi connectivity index (χ1n) is 5.46. The molecule has 1 rings (SSSR count). The van der Waals surface area contributed by atoms with E-state index < -0.39 is 0 Å². The second-order valence-electron chi connectivity index (χ2n) is 3.97. The third-order valence-corrected chi connectivity index (χ3v) is 2.19. The minimum absolute atomic E-state index is 0.309. The molecule has 0 atom stereocenters. The summed E-state index contributed by atoms with van der Waals surface area (Å²) < 4.78 is 13.6. The number of likely N-dealkylation sites (N-methyl/N-ethyl adjacent to an activating group) is 1. The molecule has 1 aromatic rings. The van der Waals surface area contributed by atoms with Crippen molar-refractivity contribution >= 4 is 5.82 Å². The summed E-state index contributed by atoms with van der Waals surface area (Å²) in [6.45, 7) is 5.09. The summed E-state index contributed by atoms with van der Waals surface area (Å²) in [5.41, 5.74) is 0.403. The summed E-state index contributed by atoms with van der Waals surface area (Å²) >= 11 is 0. The van der Waals surface area contributed by atoms with Crippen LogP contribution in [-0.2, 0) is 6.42 Å². The molecule has 4 nitrogen and oxygen atoms in total. The average Bonchev–Trinajstić information content (AvgIpc) is 2.22. The van der Waals surface area contributed by atoms with E-state index in [1.165, 1.54) is 0 Å². The molecule has 0 aliphatic carbocycles. The van der Waals surface area contributed by atoms with Crippen LogP contribution in [-0.4, -0.2) is 42.1 Å². The Labute approximate surface area is 95.9 Å². The topological polar surface area (TPSA) is 41.1 Å². The molecule has 0 saturated carbocycles. The zero-order valence-corrected chi connectivity index (χ0v) is 10.3. The van der Waals surface area contributed by atoms with Gasteiger partial charge in [0.2, 0.25) is 0 Å². The Balaban J connectivity index is 2.86. The Bertz CT molecular complexity index is 352. The molecule has 1 heterocycles. The molecule has 0 saturated heterocycles. The summed E-state index contributed by atoms with van der Waals surface area (Å²) in [7, 11) is 3.98. The minimum atomic E-state index is -0.351. The van der Waals surface area contributed by atoms with Gasteiger partial charge in [0.25, 0.3) is 0 Å². The molecule has 0 aromatic carbocycles. The van der Waals surface area contributed by atoms with Crippen LogP contribution in [0.1, 0.15) is 18.4 Å². The fourth-order valence-electron chi connectivity index (χ4n) is 1.34. The Morgan fingerprint density at radius 1 is 1.31 bits per heavy atom. The predicted molar refractivity (Wildman–Crippen MR) is 63.1 cm³/mol. The van der Waals surface area contributed by atoms with Gasteiger partial charge in [-0.2, -0.15) is 0 Å². The van der Waals surface area contributed by atoms with E-state index in [0.717, 1.165) is 13.0 Å². The maximum absolute atomic E-state index is 13.6. The van der Waals surface area contributed by atoms with Crippen LogP contribution in [0.3, 0.4) is 0 Å². The molecule has 0 bridgehead atoms. The van der Waals surface area contributed by atoms with Crippen molar-refractivity contribution in [2.75, 3.05) is 32.5 Å². The number of nitrogens with zero attached hydrogens (tertiary/aromatic N) is 3. The highest BCUT2D eigenvalue weighted by Gasteiger charge is 2.10. The second kappa shape index (κ2) is 5.75. The maximum Gasteiger partial charge on any atom is 0.186 e. The summed E-state index contributed by atoms with van der Waals surface area (Å²) in [5, 5.41) is 2.90. The van der Waals surface area contributed by atoms with E-state index in [1.54, 1.807) is 6.92 Å².